The van der Waals surface area contributed by atoms with E-state index in [-0.39, 0.29) is 11.5 Å². The molecular weight excluding hydrogens is 274 g/mol. The Morgan fingerprint density at radius 3 is 2.35 bits per heavy atom. The molecule has 2 rings (SSSR count). The Bertz CT molecular complexity index is 505. The van der Waals surface area contributed by atoms with Crippen molar-refractivity contribution in [1.29, 1.82) is 0 Å². The zero-order valence-electron chi connectivity index (χ0n) is 8.64. The summed E-state index contributed by atoms with van der Waals surface area (Å²) in [5.41, 5.74) is 0.816. The van der Waals surface area contributed by atoms with Crippen molar-refractivity contribution in [3.8, 4) is 11.5 Å². The number of thiocarbonyl (C=S) groups is 2. The lowest BCUT2D eigenvalue weighted by atomic mass is 10.1. The molecule has 1 fully saturated rings. The molecule has 1 aromatic rings. The summed E-state index contributed by atoms with van der Waals surface area (Å²) < 4.78 is 0.653. The number of nitrogens with one attached hydrogen (secondary N) is 1. The molecule has 1 saturated heterocycles. The average Bonchev–Trinajstić information content (AvgIpc) is 2.53. The number of phenolic OH excluding ortho intramolecular Hbond substituents is 2. The van der Waals surface area contributed by atoms with E-state index >= 15 is 0 Å². The molecule has 0 amide bonds. The highest BCUT2D eigenvalue weighted by Crippen LogP contribution is 2.26. The van der Waals surface area contributed by atoms with Gasteiger partial charge in [-0.05, 0) is 24.1 Å². The Morgan fingerprint density at radius 1 is 1.18 bits per heavy atom. The van der Waals surface area contributed by atoms with Crippen LogP contribution >= 0.6 is 36.2 Å². The maximum absolute atomic E-state index is 9.34. The van der Waals surface area contributed by atoms with Crippen LogP contribution in [0.25, 0.3) is 0 Å². The van der Waals surface area contributed by atoms with Crippen LogP contribution in [0.2, 0.25) is 0 Å². The van der Waals surface area contributed by atoms with Gasteiger partial charge in [-0.2, -0.15) is 0 Å². The lowest BCUT2D eigenvalue weighted by molar-refractivity contribution is 0.449. The summed E-state index contributed by atoms with van der Waals surface area (Å²) in [6, 6.07) is 4.50. The highest BCUT2D eigenvalue weighted by atomic mass is 32.2. The number of rotatable bonds is 2. The monoisotopic (exact) mass is 283 g/mol. The average molecular weight is 283 g/mol. The van der Waals surface area contributed by atoms with E-state index in [1.165, 1.54) is 17.8 Å². The predicted octanol–water partition coefficient (Wildman–Crippen LogP) is 2.47. The second kappa shape index (κ2) is 5.03. The molecule has 0 atom stereocenters. The molecule has 0 spiro atoms. The van der Waals surface area contributed by atoms with E-state index in [2.05, 4.69) is 5.32 Å². The van der Waals surface area contributed by atoms with E-state index in [1.54, 1.807) is 12.1 Å². The molecule has 0 aliphatic carbocycles. The Labute approximate surface area is 114 Å². The normalized spacial score (nSPS) is 17.5. The minimum Gasteiger partial charge on any atom is -0.508 e. The topological polar surface area (TPSA) is 52.5 Å². The number of benzene rings is 1. The lowest BCUT2D eigenvalue weighted by Gasteiger charge is -2.01. The Kier molecular flexibility index (Phi) is 3.66. The van der Waals surface area contributed by atoms with E-state index in [9.17, 15) is 10.2 Å². The van der Waals surface area contributed by atoms with Gasteiger partial charge in [0.25, 0.3) is 0 Å². The van der Waals surface area contributed by atoms with E-state index < -0.39 is 0 Å². The second-order valence-electron chi connectivity index (χ2n) is 3.47. The van der Waals surface area contributed by atoms with E-state index in [0.29, 0.717) is 15.7 Å². The zero-order valence-corrected chi connectivity index (χ0v) is 11.1. The molecule has 0 saturated carbocycles. The van der Waals surface area contributed by atoms with Crippen molar-refractivity contribution < 1.29 is 10.2 Å². The predicted molar refractivity (Wildman–Crippen MR) is 77.5 cm³/mol. The molecule has 88 valence electrons. The summed E-state index contributed by atoms with van der Waals surface area (Å²) in [6.07, 6.45) is 2.50. The first-order valence-corrected chi connectivity index (χ1v) is 6.43. The number of phenols is 2. The fraction of sp³-hybridized carbons (Fsp3) is 0.0909. The van der Waals surface area contributed by atoms with Crippen molar-refractivity contribution in [2.45, 2.75) is 6.42 Å². The molecule has 0 radical (unpaired) electrons. The molecule has 1 aromatic carbocycles. The summed E-state index contributed by atoms with van der Waals surface area (Å²) >= 11 is 11.5. The van der Waals surface area contributed by atoms with Crippen LogP contribution in [-0.2, 0) is 6.42 Å². The summed E-state index contributed by atoms with van der Waals surface area (Å²) in [4.78, 5) is 1.54. The van der Waals surface area contributed by atoms with Gasteiger partial charge in [-0.3, -0.25) is 0 Å². The number of hydrogen-bond donors (Lipinski definition) is 3. The van der Waals surface area contributed by atoms with Gasteiger partial charge in [-0.1, -0.05) is 42.3 Å². The van der Waals surface area contributed by atoms with E-state index in [4.69, 9.17) is 24.4 Å². The first-order valence-electron chi connectivity index (χ1n) is 4.80. The molecule has 3 nitrogen and oxygen atoms in total. The number of aromatic hydroxyl groups is 2. The van der Waals surface area contributed by atoms with Crippen LogP contribution in [-0.4, -0.2) is 19.5 Å². The van der Waals surface area contributed by atoms with Crippen molar-refractivity contribution in [2.75, 3.05) is 0 Å². The zero-order chi connectivity index (χ0) is 12.4. The molecule has 1 heterocycles. The molecule has 1 aliphatic heterocycles. The fourth-order valence-electron chi connectivity index (χ4n) is 1.45. The van der Waals surface area contributed by atoms with Crippen molar-refractivity contribution in [2.24, 2.45) is 0 Å². The molecule has 6 heteroatoms. The van der Waals surface area contributed by atoms with Gasteiger partial charge in [0, 0.05) is 11.0 Å². The van der Waals surface area contributed by atoms with Crippen LogP contribution in [0.4, 0.5) is 0 Å². The Balaban J connectivity index is 2.14. The first kappa shape index (κ1) is 12.3. The largest absolute Gasteiger partial charge is 0.508 e. The minimum absolute atomic E-state index is 0.0497. The summed E-state index contributed by atoms with van der Waals surface area (Å²) in [5, 5.41) is 21.6. The lowest BCUT2D eigenvalue weighted by Crippen LogP contribution is -2.15. The van der Waals surface area contributed by atoms with Crippen LogP contribution < -0.4 is 5.32 Å². The van der Waals surface area contributed by atoms with Gasteiger partial charge in [-0.15, -0.1) is 0 Å². The SMILES string of the molecule is Oc1cc(O)cc(CC=C2SC(=S)NC2=S)c1. The van der Waals surface area contributed by atoms with Crippen molar-refractivity contribution >= 4 is 45.5 Å². The van der Waals surface area contributed by atoms with Crippen molar-refractivity contribution in [1.82, 2.24) is 5.32 Å². The molecule has 17 heavy (non-hydrogen) atoms. The Morgan fingerprint density at radius 2 is 1.82 bits per heavy atom. The molecule has 0 bridgehead atoms. The third kappa shape index (κ3) is 3.18. The van der Waals surface area contributed by atoms with Gasteiger partial charge >= 0.3 is 0 Å². The van der Waals surface area contributed by atoms with Gasteiger partial charge in [0.2, 0.25) is 0 Å². The minimum atomic E-state index is 0.0497. The Hall–Kier alpha value is -1.11. The molecule has 1 aliphatic rings. The molecule has 0 aromatic heterocycles. The third-order valence-corrected chi connectivity index (χ3v) is 3.81. The van der Waals surface area contributed by atoms with Gasteiger partial charge in [-0.25, -0.2) is 0 Å². The summed E-state index contributed by atoms with van der Waals surface area (Å²) in [5.74, 6) is 0.0994. The highest BCUT2D eigenvalue weighted by molar-refractivity contribution is 8.27. The maximum Gasteiger partial charge on any atom is 0.143 e. The van der Waals surface area contributed by atoms with Gasteiger partial charge < -0.3 is 15.5 Å². The molecular formula is C11H9NO2S3. The molecule has 0 unspecified atom stereocenters. The van der Waals surface area contributed by atoms with Crippen molar-refractivity contribution in [3.05, 3.63) is 34.7 Å². The number of thioether (sulfide) groups is 1. The second-order valence-corrected chi connectivity index (χ2v) is 5.60. The maximum atomic E-state index is 9.34. The van der Waals surface area contributed by atoms with Crippen LogP contribution in [0.15, 0.2) is 29.2 Å². The van der Waals surface area contributed by atoms with Crippen LogP contribution in [0.5, 0.6) is 11.5 Å². The highest BCUT2D eigenvalue weighted by Gasteiger charge is 2.17. The van der Waals surface area contributed by atoms with Gasteiger partial charge in [0.1, 0.15) is 20.8 Å². The van der Waals surface area contributed by atoms with Gasteiger partial charge in [0.15, 0.2) is 0 Å². The quantitative estimate of drug-likeness (QED) is 0.573. The number of hydrogen-bond acceptors (Lipinski definition) is 5. The summed E-state index contributed by atoms with van der Waals surface area (Å²) in [7, 11) is 0. The van der Waals surface area contributed by atoms with E-state index in [1.807, 2.05) is 6.08 Å². The molecule has 3 N–H and O–H groups in total. The van der Waals surface area contributed by atoms with Crippen LogP contribution in [0, 0.1) is 0 Å². The fourth-order valence-corrected chi connectivity index (χ4v) is 2.92. The number of allylic oxidation sites excluding steroid dienone is 1. The van der Waals surface area contributed by atoms with E-state index in [0.717, 1.165) is 10.5 Å². The van der Waals surface area contributed by atoms with Crippen LogP contribution in [0.1, 0.15) is 5.56 Å². The first-order chi connectivity index (χ1) is 8.04. The standard InChI is InChI=1S/C11H9NO2S3/c13-7-3-6(4-8(14)5-7)1-2-9-10(15)12-11(16)17-9/h2-5,13-14H,1H2,(H,12,15,16). The van der Waals surface area contributed by atoms with Crippen molar-refractivity contribution in [3.63, 3.8) is 0 Å². The van der Waals surface area contributed by atoms with Crippen LogP contribution in [0.3, 0.4) is 0 Å². The third-order valence-electron chi connectivity index (χ3n) is 2.13. The smallest absolute Gasteiger partial charge is 0.143 e. The van der Waals surface area contributed by atoms with Gasteiger partial charge in [0.05, 0.1) is 0 Å². The summed E-state index contributed by atoms with van der Waals surface area (Å²) in [6.45, 7) is 0.